The molecule has 2 rings (SSSR count). The highest BCUT2D eigenvalue weighted by Crippen LogP contribution is 2.54. The number of benzene rings is 1. The SMILES string of the molecule is COc1c(F)cc(C2(CN)CC2)c(OC)c1Br. The molecule has 1 fully saturated rings. The fourth-order valence-electron chi connectivity index (χ4n) is 2.10. The zero-order valence-electron chi connectivity index (χ0n) is 9.85. The lowest BCUT2D eigenvalue weighted by Crippen LogP contribution is -2.21. The minimum Gasteiger partial charge on any atom is -0.495 e. The van der Waals surface area contributed by atoms with Gasteiger partial charge in [0.25, 0.3) is 0 Å². The van der Waals surface area contributed by atoms with Crippen molar-refractivity contribution in [3.8, 4) is 11.5 Å². The summed E-state index contributed by atoms with van der Waals surface area (Å²) in [5, 5.41) is 0. The number of halogens is 2. The molecule has 0 heterocycles. The van der Waals surface area contributed by atoms with Crippen LogP contribution >= 0.6 is 15.9 Å². The van der Waals surface area contributed by atoms with Crippen LogP contribution in [0, 0.1) is 5.82 Å². The van der Waals surface area contributed by atoms with Gasteiger partial charge in [-0.25, -0.2) is 4.39 Å². The largest absolute Gasteiger partial charge is 0.495 e. The molecule has 0 spiro atoms. The van der Waals surface area contributed by atoms with E-state index < -0.39 is 5.82 Å². The smallest absolute Gasteiger partial charge is 0.172 e. The van der Waals surface area contributed by atoms with E-state index in [-0.39, 0.29) is 11.2 Å². The van der Waals surface area contributed by atoms with Crippen LogP contribution in [0.5, 0.6) is 11.5 Å². The van der Waals surface area contributed by atoms with Gasteiger partial charge in [0, 0.05) is 17.5 Å². The molecule has 0 bridgehead atoms. The summed E-state index contributed by atoms with van der Waals surface area (Å²) in [6, 6.07) is 1.47. The van der Waals surface area contributed by atoms with E-state index in [2.05, 4.69) is 15.9 Å². The molecule has 3 nitrogen and oxygen atoms in total. The summed E-state index contributed by atoms with van der Waals surface area (Å²) in [7, 11) is 2.99. The second-order valence-electron chi connectivity index (χ2n) is 4.27. The molecule has 1 aliphatic carbocycles. The first-order valence-electron chi connectivity index (χ1n) is 5.40. The third-order valence-corrected chi connectivity index (χ3v) is 4.08. The molecular weight excluding hydrogens is 289 g/mol. The van der Waals surface area contributed by atoms with Gasteiger partial charge in [-0.05, 0) is 34.8 Å². The predicted molar refractivity (Wildman–Crippen MR) is 67.2 cm³/mol. The maximum absolute atomic E-state index is 13.9. The Balaban J connectivity index is 2.60. The molecule has 1 aromatic rings. The van der Waals surface area contributed by atoms with Crippen LogP contribution in [0.1, 0.15) is 18.4 Å². The Hall–Kier alpha value is -0.810. The van der Waals surface area contributed by atoms with Crippen molar-refractivity contribution >= 4 is 15.9 Å². The fourth-order valence-corrected chi connectivity index (χ4v) is 2.83. The van der Waals surface area contributed by atoms with Crippen molar-refractivity contribution in [3.05, 3.63) is 21.9 Å². The maximum atomic E-state index is 13.9. The lowest BCUT2D eigenvalue weighted by Gasteiger charge is -2.20. The summed E-state index contributed by atoms with van der Waals surface area (Å²) >= 11 is 3.32. The zero-order valence-corrected chi connectivity index (χ0v) is 11.4. The number of methoxy groups -OCH3 is 2. The number of hydrogen-bond acceptors (Lipinski definition) is 3. The molecular formula is C12H15BrFNO2. The predicted octanol–water partition coefficient (Wildman–Crippen LogP) is 2.60. The van der Waals surface area contributed by atoms with Crippen LogP contribution in [-0.2, 0) is 5.41 Å². The summed E-state index contributed by atoms with van der Waals surface area (Å²) in [6.07, 6.45) is 1.94. The maximum Gasteiger partial charge on any atom is 0.172 e. The van der Waals surface area contributed by atoms with Crippen LogP contribution in [-0.4, -0.2) is 20.8 Å². The van der Waals surface area contributed by atoms with Crippen molar-refractivity contribution in [2.75, 3.05) is 20.8 Å². The Kier molecular flexibility index (Phi) is 3.32. The highest BCUT2D eigenvalue weighted by molar-refractivity contribution is 9.10. The third-order valence-electron chi connectivity index (χ3n) is 3.36. The van der Waals surface area contributed by atoms with E-state index in [1.54, 1.807) is 7.11 Å². The molecule has 17 heavy (non-hydrogen) atoms. The minimum absolute atomic E-state index is 0.124. The van der Waals surface area contributed by atoms with Crippen LogP contribution in [0.25, 0.3) is 0 Å². The molecule has 0 aliphatic heterocycles. The van der Waals surface area contributed by atoms with Crippen molar-refractivity contribution in [1.29, 1.82) is 0 Å². The summed E-state index contributed by atoms with van der Waals surface area (Å²) in [6.45, 7) is 0.502. The molecule has 1 saturated carbocycles. The summed E-state index contributed by atoms with van der Waals surface area (Å²) in [5.74, 6) is 0.388. The second-order valence-corrected chi connectivity index (χ2v) is 5.06. The van der Waals surface area contributed by atoms with Gasteiger partial charge in [0.2, 0.25) is 0 Å². The summed E-state index contributed by atoms with van der Waals surface area (Å²) < 4.78 is 24.7. The molecule has 2 N–H and O–H groups in total. The van der Waals surface area contributed by atoms with Gasteiger partial charge in [-0.3, -0.25) is 0 Å². The molecule has 0 amide bonds. The van der Waals surface area contributed by atoms with Gasteiger partial charge >= 0.3 is 0 Å². The molecule has 0 aromatic heterocycles. The highest BCUT2D eigenvalue weighted by Gasteiger charge is 2.46. The molecule has 1 aliphatic rings. The first-order valence-corrected chi connectivity index (χ1v) is 6.19. The van der Waals surface area contributed by atoms with Crippen molar-refractivity contribution in [2.24, 2.45) is 5.73 Å². The number of hydrogen-bond donors (Lipinski definition) is 1. The number of rotatable bonds is 4. The number of ether oxygens (including phenoxy) is 2. The van der Waals surface area contributed by atoms with Gasteiger partial charge in [-0.15, -0.1) is 0 Å². The first kappa shape index (κ1) is 12.6. The van der Waals surface area contributed by atoms with E-state index in [4.69, 9.17) is 15.2 Å². The fraction of sp³-hybridized carbons (Fsp3) is 0.500. The van der Waals surface area contributed by atoms with E-state index in [0.29, 0.717) is 16.8 Å². The molecule has 0 radical (unpaired) electrons. The molecule has 5 heteroatoms. The quantitative estimate of drug-likeness (QED) is 0.930. The Morgan fingerprint density at radius 1 is 1.35 bits per heavy atom. The first-order chi connectivity index (χ1) is 8.09. The van der Waals surface area contributed by atoms with Gasteiger partial charge in [0.1, 0.15) is 10.2 Å². The van der Waals surface area contributed by atoms with E-state index in [1.165, 1.54) is 13.2 Å². The molecule has 94 valence electrons. The van der Waals surface area contributed by atoms with E-state index in [1.807, 2.05) is 0 Å². The zero-order chi connectivity index (χ0) is 12.6. The Bertz CT molecular complexity index is 447. The second kappa shape index (κ2) is 4.46. The van der Waals surface area contributed by atoms with Crippen molar-refractivity contribution in [3.63, 3.8) is 0 Å². The van der Waals surface area contributed by atoms with Crippen LogP contribution in [0.3, 0.4) is 0 Å². The Morgan fingerprint density at radius 2 is 1.94 bits per heavy atom. The Morgan fingerprint density at radius 3 is 2.35 bits per heavy atom. The van der Waals surface area contributed by atoms with Crippen molar-refractivity contribution < 1.29 is 13.9 Å². The summed E-state index contributed by atoms with van der Waals surface area (Å²) in [5.41, 5.74) is 6.47. The average Bonchev–Trinajstić information content (AvgIpc) is 3.10. The molecule has 0 atom stereocenters. The van der Waals surface area contributed by atoms with E-state index in [9.17, 15) is 4.39 Å². The van der Waals surface area contributed by atoms with Gasteiger partial charge in [0.15, 0.2) is 11.6 Å². The van der Waals surface area contributed by atoms with Crippen LogP contribution in [0.4, 0.5) is 4.39 Å². The lowest BCUT2D eigenvalue weighted by atomic mass is 9.94. The lowest BCUT2D eigenvalue weighted by molar-refractivity contribution is 0.364. The monoisotopic (exact) mass is 303 g/mol. The van der Waals surface area contributed by atoms with E-state index in [0.717, 1.165) is 18.4 Å². The standard InChI is InChI=1S/C12H15BrFNO2/c1-16-10-7(12(6-15)3-4-12)5-8(14)11(17-2)9(10)13/h5H,3-4,6,15H2,1-2H3. The van der Waals surface area contributed by atoms with Gasteiger partial charge in [0.05, 0.1) is 14.2 Å². The van der Waals surface area contributed by atoms with E-state index >= 15 is 0 Å². The Labute approximate surface area is 108 Å². The van der Waals surface area contributed by atoms with Crippen LogP contribution < -0.4 is 15.2 Å². The highest BCUT2D eigenvalue weighted by atomic mass is 79.9. The molecule has 0 unspecified atom stereocenters. The third kappa shape index (κ3) is 1.91. The normalized spacial score (nSPS) is 16.8. The molecule has 0 saturated heterocycles. The van der Waals surface area contributed by atoms with Crippen LogP contribution in [0.2, 0.25) is 0 Å². The topological polar surface area (TPSA) is 44.5 Å². The average molecular weight is 304 g/mol. The number of nitrogens with two attached hydrogens (primary N) is 1. The summed E-state index contributed by atoms with van der Waals surface area (Å²) in [4.78, 5) is 0. The van der Waals surface area contributed by atoms with Crippen molar-refractivity contribution in [2.45, 2.75) is 18.3 Å². The van der Waals surface area contributed by atoms with Gasteiger partial charge in [-0.1, -0.05) is 0 Å². The molecule has 1 aromatic carbocycles. The minimum atomic E-state index is -0.394. The van der Waals surface area contributed by atoms with Crippen LogP contribution in [0.15, 0.2) is 10.5 Å². The van der Waals surface area contributed by atoms with Crippen molar-refractivity contribution in [1.82, 2.24) is 0 Å². The van der Waals surface area contributed by atoms with Gasteiger partial charge < -0.3 is 15.2 Å². The van der Waals surface area contributed by atoms with Gasteiger partial charge in [-0.2, -0.15) is 0 Å².